The van der Waals surface area contributed by atoms with Gasteiger partial charge in [0.25, 0.3) is 0 Å². The lowest BCUT2D eigenvalue weighted by molar-refractivity contribution is 0.0893. The Morgan fingerprint density at radius 1 is 1.15 bits per heavy atom. The van der Waals surface area contributed by atoms with Crippen LogP contribution in [0.25, 0.3) is 0 Å². The third-order valence-electron chi connectivity index (χ3n) is 3.19. The molecule has 20 heavy (non-hydrogen) atoms. The Labute approximate surface area is 123 Å². The van der Waals surface area contributed by atoms with Gasteiger partial charge in [-0.15, -0.1) is 0 Å². The molecule has 2 unspecified atom stereocenters. The van der Waals surface area contributed by atoms with Crippen molar-refractivity contribution >= 4 is 0 Å². The van der Waals surface area contributed by atoms with Crippen LogP contribution in [0.3, 0.4) is 0 Å². The van der Waals surface area contributed by atoms with Crippen molar-refractivity contribution in [1.82, 2.24) is 5.32 Å². The fourth-order valence-electron chi connectivity index (χ4n) is 2.25. The second-order valence-corrected chi connectivity index (χ2v) is 6.61. The zero-order valence-corrected chi connectivity index (χ0v) is 13.6. The molecule has 1 rings (SSSR count). The van der Waals surface area contributed by atoms with Gasteiger partial charge in [0.15, 0.2) is 0 Å². The average Bonchev–Trinajstić information content (AvgIpc) is 2.35. The molecule has 1 aromatic carbocycles. The molecule has 0 aliphatic carbocycles. The first-order valence-electron chi connectivity index (χ1n) is 7.43. The van der Waals surface area contributed by atoms with Crippen LogP contribution in [0.1, 0.15) is 53.2 Å². The second kappa shape index (κ2) is 7.09. The molecule has 0 aromatic heterocycles. The first-order chi connectivity index (χ1) is 9.24. The highest BCUT2D eigenvalue weighted by atomic mass is 16.5. The van der Waals surface area contributed by atoms with Crippen molar-refractivity contribution in [3.63, 3.8) is 0 Å². The minimum Gasteiger partial charge on any atom is -0.494 e. The maximum absolute atomic E-state index is 10.6. The Morgan fingerprint density at radius 3 is 2.10 bits per heavy atom. The van der Waals surface area contributed by atoms with Gasteiger partial charge in [-0.3, -0.25) is 0 Å². The van der Waals surface area contributed by atoms with Crippen LogP contribution in [0.15, 0.2) is 24.3 Å². The van der Waals surface area contributed by atoms with E-state index in [1.165, 1.54) is 0 Å². The molecule has 0 aliphatic rings. The lowest BCUT2D eigenvalue weighted by Gasteiger charge is -2.34. The van der Waals surface area contributed by atoms with Crippen LogP contribution >= 0.6 is 0 Å². The molecular formula is C17H29NO2. The molecule has 0 heterocycles. The molecule has 3 heteroatoms. The van der Waals surface area contributed by atoms with Gasteiger partial charge >= 0.3 is 0 Å². The molecule has 1 aromatic rings. The van der Waals surface area contributed by atoms with E-state index in [1.54, 1.807) is 0 Å². The van der Waals surface area contributed by atoms with E-state index >= 15 is 0 Å². The summed E-state index contributed by atoms with van der Waals surface area (Å²) in [5.41, 5.74) is 0.894. The summed E-state index contributed by atoms with van der Waals surface area (Å²) in [6, 6.07) is 7.73. The minimum absolute atomic E-state index is 0.0212. The van der Waals surface area contributed by atoms with Gasteiger partial charge in [0.1, 0.15) is 5.75 Å². The van der Waals surface area contributed by atoms with Crippen molar-refractivity contribution in [3.05, 3.63) is 29.8 Å². The molecule has 0 amide bonds. The van der Waals surface area contributed by atoms with Gasteiger partial charge in [0, 0.05) is 11.6 Å². The van der Waals surface area contributed by atoms with E-state index in [0.29, 0.717) is 12.5 Å². The predicted octanol–water partition coefficient (Wildman–Crippen LogP) is 3.53. The first-order valence-corrected chi connectivity index (χ1v) is 7.43. The standard InChI is InChI=1S/C17H29NO2/c1-7-20-14-10-8-13(9-11-14)16(19)15(12(2)3)18-17(4,5)6/h8-12,15-16,18-19H,7H2,1-6H3. The number of rotatable bonds is 6. The maximum Gasteiger partial charge on any atom is 0.119 e. The molecule has 0 bridgehead atoms. The summed E-state index contributed by atoms with van der Waals surface area (Å²) in [6.07, 6.45) is -0.523. The van der Waals surface area contributed by atoms with Crippen LogP contribution < -0.4 is 10.1 Å². The SMILES string of the molecule is CCOc1ccc(C(O)C(NC(C)(C)C)C(C)C)cc1. The van der Waals surface area contributed by atoms with Crippen molar-refractivity contribution in [2.45, 2.75) is 59.2 Å². The Morgan fingerprint density at radius 2 is 1.70 bits per heavy atom. The molecule has 2 N–H and O–H groups in total. The van der Waals surface area contributed by atoms with Crippen molar-refractivity contribution in [2.24, 2.45) is 5.92 Å². The highest BCUT2D eigenvalue weighted by Gasteiger charge is 2.27. The molecule has 0 aliphatic heterocycles. The zero-order valence-electron chi connectivity index (χ0n) is 13.6. The van der Waals surface area contributed by atoms with E-state index in [0.717, 1.165) is 11.3 Å². The number of nitrogens with one attached hydrogen (secondary N) is 1. The van der Waals surface area contributed by atoms with Crippen LogP contribution in [0, 0.1) is 5.92 Å². The lowest BCUT2D eigenvalue weighted by Crippen LogP contribution is -2.49. The summed E-state index contributed by atoms with van der Waals surface area (Å²) < 4.78 is 5.43. The predicted molar refractivity (Wildman–Crippen MR) is 84.1 cm³/mol. The van der Waals surface area contributed by atoms with E-state index in [1.807, 2.05) is 31.2 Å². The monoisotopic (exact) mass is 279 g/mol. The Kier molecular flexibility index (Phi) is 6.03. The summed E-state index contributed by atoms with van der Waals surface area (Å²) in [5.74, 6) is 1.18. The van der Waals surface area contributed by atoms with E-state index in [9.17, 15) is 5.11 Å². The van der Waals surface area contributed by atoms with Gasteiger partial charge in [0.05, 0.1) is 12.7 Å². The van der Waals surface area contributed by atoms with Gasteiger partial charge in [-0.1, -0.05) is 26.0 Å². The second-order valence-electron chi connectivity index (χ2n) is 6.61. The van der Waals surface area contributed by atoms with E-state index in [-0.39, 0.29) is 11.6 Å². The summed E-state index contributed by atoms with van der Waals surface area (Å²) in [6.45, 7) is 13.2. The highest BCUT2D eigenvalue weighted by Crippen LogP contribution is 2.25. The molecule has 0 fully saturated rings. The van der Waals surface area contributed by atoms with Crippen molar-refractivity contribution in [2.75, 3.05) is 6.61 Å². The number of benzene rings is 1. The van der Waals surface area contributed by atoms with Gasteiger partial charge in [-0.2, -0.15) is 0 Å². The van der Waals surface area contributed by atoms with E-state index in [2.05, 4.69) is 39.9 Å². The maximum atomic E-state index is 10.6. The molecule has 0 radical (unpaired) electrons. The third kappa shape index (κ3) is 5.14. The number of aliphatic hydroxyl groups excluding tert-OH is 1. The van der Waals surface area contributed by atoms with Crippen LogP contribution in [0.2, 0.25) is 0 Å². The van der Waals surface area contributed by atoms with E-state index < -0.39 is 6.10 Å². The zero-order chi connectivity index (χ0) is 15.3. The van der Waals surface area contributed by atoms with Crippen molar-refractivity contribution in [3.8, 4) is 5.75 Å². The molecule has 3 nitrogen and oxygen atoms in total. The molecular weight excluding hydrogens is 250 g/mol. The number of hydrogen-bond donors (Lipinski definition) is 2. The fourth-order valence-corrected chi connectivity index (χ4v) is 2.25. The summed E-state index contributed by atoms with van der Waals surface area (Å²) >= 11 is 0. The largest absolute Gasteiger partial charge is 0.494 e. The normalized spacial score (nSPS) is 15.2. The summed E-state index contributed by atoms with van der Waals surface area (Å²) in [4.78, 5) is 0. The number of ether oxygens (including phenoxy) is 1. The summed E-state index contributed by atoms with van der Waals surface area (Å²) in [7, 11) is 0. The molecule has 0 saturated carbocycles. The van der Waals surface area contributed by atoms with Crippen LogP contribution in [0.4, 0.5) is 0 Å². The Balaban J connectivity index is 2.86. The van der Waals surface area contributed by atoms with Gasteiger partial charge in [-0.25, -0.2) is 0 Å². The Hall–Kier alpha value is -1.06. The first kappa shape index (κ1) is 17.0. The van der Waals surface area contributed by atoms with Gasteiger partial charge < -0.3 is 15.2 Å². The van der Waals surface area contributed by atoms with Crippen LogP contribution in [-0.2, 0) is 0 Å². The molecule has 114 valence electrons. The quantitative estimate of drug-likeness (QED) is 0.837. The number of hydrogen-bond acceptors (Lipinski definition) is 3. The van der Waals surface area contributed by atoms with Crippen molar-refractivity contribution in [1.29, 1.82) is 0 Å². The van der Waals surface area contributed by atoms with E-state index in [4.69, 9.17) is 4.74 Å². The molecule has 0 saturated heterocycles. The van der Waals surface area contributed by atoms with Crippen LogP contribution in [0.5, 0.6) is 5.75 Å². The molecule has 2 atom stereocenters. The molecule has 0 spiro atoms. The van der Waals surface area contributed by atoms with Gasteiger partial charge in [0.2, 0.25) is 0 Å². The Bertz CT molecular complexity index is 392. The average molecular weight is 279 g/mol. The third-order valence-corrected chi connectivity index (χ3v) is 3.19. The topological polar surface area (TPSA) is 41.5 Å². The fraction of sp³-hybridized carbons (Fsp3) is 0.647. The highest BCUT2D eigenvalue weighted by molar-refractivity contribution is 5.29. The minimum atomic E-state index is -0.523. The van der Waals surface area contributed by atoms with Crippen LogP contribution in [-0.4, -0.2) is 23.3 Å². The lowest BCUT2D eigenvalue weighted by atomic mass is 9.91. The van der Waals surface area contributed by atoms with Gasteiger partial charge in [-0.05, 0) is 51.3 Å². The summed E-state index contributed by atoms with van der Waals surface area (Å²) in [5, 5.41) is 14.1. The number of aliphatic hydroxyl groups is 1. The van der Waals surface area contributed by atoms with Crippen molar-refractivity contribution < 1.29 is 9.84 Å². The smallest absolute Gasteiger partial charge is 0.119 e.